The Morgan fingerprint density at radius 2 is 2.17 bits per heavy atom. The normalized spacial score (nSPS) is 10.2. The molecule has 1 aromatic carbocycles. The fourth-order valence-corrected chi connectivity index (χ4v) is 1.34. The van der Waals surface area contributed by atoms with Gasteiger partial charge in [0, 0.05) is 32.3 Å². The van der Waals surface area contributed by atoms with Crippen LogP contribution in [0.1, 0.15) is 5.56 Å². The summed E-state index contributed by atoms with van der Waals surface area (Å²) in [5.41, 5.74) is 0.0489. The molecular formula is C11H14FN3O3. The van der Waals surface area contributed by atoms with Crippen LogP contribution in [0.2, 0.25) is 0 Å². The van der Waals surface area contributed by atoms with Gasteiger partial charge >= 0.3 is 0 Å². The lowest BCUT2D eigenvalue weighted by molar-refractivity contribution is -0.385. The minimum Gasteiger partial charge on any atom is -0.348 e. The molecule has 0 saturated heterocycles. The number of hydrogen-bond donors (Lipinski definition) is 1. The zero-order valence-electron chi connectivity index (χ0n) is 10.1. The van der Waals surface area contributed by atoms with E-state index in [0.717, 1.165) is 18.2 Å². The number of carbonyl (C=O) groups is 1. The van der Waals surface area contributed by atoms with Gasteiger partial charge in [-0.05, 0) is 12.1 Å². The van der Waals surface area contributed by atoms with Crippen molar-refractivity contribution in [2.75, 3.05) is 20.6 Å². The minimum atomic E-state index is -0.579. The topological polar surface area (TPSA) is 75.5 Å². The lowest BCUT2D eigenvalue weighted by Crippen LogP contribution is -2.32. The third kappa shape index (κ3) is 3.77. The monoisotopic (exact) mass is 255 g/mol. The first kappa shape index (κ1) is 14.0. The van der Waals surface area contributed by atoms with Gasteiger partial charge in [-0.2, -0.15) is 0 Å². The SMILES string of the molecule is CN(C)C(=O)CNCc1cc(F)ccc1[N+](=O)[O-]. The molecule has 0 radical (unpaired) electrons. The van der Waals surface area contributed by atoms with Gasteiger partial charge in [-0.25, -0.2) is 4.39 Å². The van der Waals surface area contributed by atoms with Crippen molar-refractivity contribution in [3.8, 4) is 0 Å². The van der Waals surface area contributed by atoms with Crippen LogP contribution in [0.25, 0.3) is 0 Å². The Bertz CT molecular complexity index is 463. The quantitative estimate of drug-likeness (QED) is 0.627. The molecule has 98 valence electrons. The number of nitrogens with one attached hydrogen (secondary N) is 1. The molecule has 0 spiro atoms. The molecule has 0 aliphatic carbocycles. The summed E-state index contributed by atoms with van der Waals surface area (Å²) in [5, 5.41) is 13.5. The van der Waals surface area contributed by atoms with Gasteiger partial charge in [0.15, 0.2) is 0 Å². The van der Waals surface area contributed by atoms with Gasteiger partial charge in [0.2, 0.25) is 5.91 Å². The number of nitro groups is 1. The van der Waals surface area contributed by atoms with Crippen molar-refractivity contribution in [3.63, 3.8) is 0 Å². The number of amides is 1. The van der Waals surface area contributed by atoms with Gasteiger partial charge in [0.05, 0.1) is 11.5 Å². The summed E-state index contributed by atoms with van der Waals surface area (Å²) >= 11 is 0. The number of hydrogen-bond acceptors (Lipinski definition) is 4. The average molecular weight is 255 g/mol. The summed E-state index contributed by atoms with van der Waals surface area (Å²) in [7, 11) is 3.21. The Morgan fingerprint density at radius 1 is 1.50 bits per heavy atom. The Morgan fingerprint density at radius 3 is 2.72 bits per heavy atom. The summed E-state index contributed by atoms with van der Waals surface area (Å²) in [5.74, 6) is -0.703. The molecule has 0 heterocycles. The van der Waals surface area contributed by atoms with Crippen LogP contribution < -0.4 is 5.32 Å². The highest BCUT2D eigenvalue weighted by molar-refractivity contribution is 5.77. The largest absolute Gasteiger partial charge is 0.348 e. The van der Waals surface area contributed by atoms with Crippen molar-refractivity contribution < 1.29 is 14.1 Å². The van der Waals surface area contributed by atoms with Crippen LogP contribution in [-0.2, 0) is 11.3 Å². The van der Waals surface area contributed by atoms with Crippen LogP contribution in [0, 0.1) is 15.9 Å². The van der Waals surface area contributed by atoms with Crippen molar-refractivity contribution in [2.45, 2.75) is 6.54 Å². The highest BCUT2D eigenvalue weighted by atomic mass is 19.1. The number of carbonyl (C=O) groups excluding carboxylic acids is 1. The smallest absolute Gasteiger partial charge is 0.274 e. The third-order valence-electron chi connectivity index (χ3n) is 2.33. The first-order chi connectivity index (χ1) is 8.41. The molecule has 1 N–H and O–H groups in total. The second kappa shape index (κ2) is 6.06. The highest BCUT2D eigenvalue weighted by Gasteiger charge is 2.14. The van der Waals surface area contributed by atoms with E-state index in [1.807, 2.05) is 0 Å². The van der Waals surface area contributed by atoms with Crippen LogP contribution in [-0.4, -0.2) is 36.4 Å². The lowest BCUT2D eigenvalue weighted by Gasteiger charge is -2.11. The third-order valence-corrected chi connectivity index (χ3v) is 2.33. The standard InChI is InChI=1S/C11H14FN3O3/c1-14(2)11(16)7-13-6-8-5-9(12)3-4-10(8)15(17)18/h3-5,13H,6-7H2,1-2H3. The molecular weight excluding hydrogens is 241 g/mol. The van der Waals surface area contributed by atoms with E-state index in [1.54, 1.807) is 14.1 Å². The fraction of sp³-hybridized carbons (Fsp3) is 0.364. The highest BCUT2D eigenvalue weighted by Crippen LogP contribution is 2.19. The first-order valence-electron chi connectivity index (χ1n) is 5.25. The van der Waals surface area contributed by atoms with E-state index < -0.39 is 10.7 Å². The van der Waals surface area contributed by atoms with Gasteiger partial charge in [-0.3, -0.25) is 14.9 Å². The Kier molecular flexibility index (Phi) is 4.73. The summed E-state index contributed by atoms with van der Waals surface area (Å²) in [4.78, 5) is 22.8. The van der Waals surface area contributed by atoms with Crippen LogP contribution >= 0.6 is 0 Å². The Balaban J connectivity index is 2.69. The average Bonchev–Trinajstić information content (AvgIpc) is 2.28. The van der Waals surface area contributed by atoms with Gasteiger partial charge in [-0.1, -0.05) is 0 Å². The molecule has 0 saturated carbocycles. The van der Waals surface area contributed by atoms with E-state index in [2.05, 4.69) is 5.32 Å². The second-order valence-corrected chi connectivity index (χ2v) is 3.92. The maximum atomic E-state index is 13.0. The number of likely N-dealkylation sites (N-methyl/N-ethyl adjacent to an activating group) is 1. The molecule has 0 atom stereocenters. The molecule has 0 aromatic heterocycles. The van der Waals surface area contributed by atoms with Gasteiger partial charge in [0.25, 0.3) is 5.69 Å². The maximum absolute atomic E-state index is 13.0. The number of rotatable bonds is 5. The number of benzene rings is 1. The summed E-state index contributed by atoms with van der Waals surface area (Å²) in [6.07, 6.45) is 0. The van der Waals surface area contributed by atoms with Crippen LogP contribution in [0.15, 0.2) is 18.2 Å². The second-order valence-electron chi connectivity index (χ2n) is 3.92. The molecule has 0 fully saturated rings. The Hall–Kier alpha value is -2.02. The van der Waals surface area contributed by atoms with E-state index in [9.17, 15) is 19.3 Å². The summed E-state index contributed by atoms with van der Waals surface area (Å²) in [6.45, 7) is 0.105. The van der Waals surface area contributed by atoms with Crippen LogP contribution in [0.5, 0.6) is 0 Å². The zero-order chi connectivity index (χ0) is 13.7. The maximum Gasteiger partial charge on any atom is 0.274 e. The minimum absolute atomic E-state index is 0.0423. The fourth-order valence-electron chi connectivity index (χ4n) is 1.34. The van der Waals surface area contributed by atoms with E-state index in [4.69, 9.17) is 0 Å². The molecule has 1 rings (SSSR count). The van der Waals surface area contributed by atoms with Gasteiger partial charge < -0.3 is 10.2 Å². The molecule has 7 heteroatoms. The molecule has 1 amide bonds. The first-order valence-corrected chi connectivity index (χ1v) is 5.25. The summed E-state index contributed by atoms with van der Waals surface area (Å²) in [6, 6.07) is 3.23. The predicted octanol–water partition coefficient (Wildman–Crippen LogP) is 0.912. The van der Waals surface area contributed by atoms with E-state index in [0.29, 0.717) is 0 Å². The zero-order valence-corrected chi connectivity index (χ0v) is 10.1. The number of nitro benzene ring substituents is 1. The Labute approximate surface area is 104 Å². The number of halogens is 1. The van der Waals surface area contributed by atoms with Crippen molar-refractivity contribution in [3.05, 3.63) is 39.7 Å². The van der Waals surface area contributed by atoms with E-state index in [1.165, 1.54) is 4.90 Å². The molecule has 0 aliphatic rings. The van der Waals surface area contributed by atoms with Crippen molar-refractivity contribution in [1.29, 1.82) is 0 Å². The van der Waals surface area contributed by atoms with Crippen molar-refractivity contribution >= 4 is 11.6 Å². The van der Waals surface area contributed by atoms with Crippen LogP contribution in [0.4, 0.5) is 10.1 Å². The number of nitrogens with zero attached hydrogens (tertiary/aromatic N) is 2. The molecule has 0 unspecified atom stereocenters. The van der Waals surface area contributed by atoms with E-state index in [-0.39, 0.29) is 30.2 Å². The van der Waals surface area contributed by atoms with E-state index >= 15 is 0 Å². The van der Waals surface area contributed by atoms with Crippen molar-refractivity contribution in [2.24, 2.45) is 0 Å². The predicted molar refractivity (Wildman–Crippen MR) is 63.5 cm³/mol. The molecule has 18 heavy (non-hydrogen) atoms. The van der Waals surface area contributed by atoms with Gasteiger partial charge in [-0.15, -0.1) is 0 Å². The van der Waals surface area contributed by atoms with Crippen LogP contribution in [0.3, 0.4) is 0 Å². The van der Waals surface area contributed by atoms with Gasteiger partial charge in [0.1, 0.15) is 5.82 Å². The molecule has 6 nitrogen and oxygen atoms in total. The molecule has 0 aliphatic heterocycles. The molecule has 1 aromatic rings. The van der Waals surface area contributed by atoms with Crippen molar-refractivity contribution in [1.82, 2.24) is 10.2 Å². The summed E-state index contributed by atoms with van der Waals surface area (Å²) < 4.78 is 13.0. The molecule has 0 bridgehead atoms. The lowest BCUT2D eigenvalue weighted by atomic mass is 10.1.